The fraction of sp³-hybridized carbons (Fsp3) is 0.565. The first-order chi connectivity index (χ1) is 16.2. The van der Waals surface area contributed by atoms with Gasteiger partial charge in [-0.1, -0.05) is 65.1 Å². The molecule has 35 heavy (non-hydrogen) atoms. The summed E-state index contributed by atoms with van der Waals surface area (Å²) in [6.45, 7) is 4.68. The van der Waals surface area contributed by atoms with Crippen LogP contribution < -0.4 is 5.32 Å². The number of carbonyl (C=O) groups excluding carboxylic acids is 4. The van der Waals surface area contributed by atoms with Crippen LogP contribution in [0.5, 0.6) is 0 Å². The summed E-state index contributed by atoms with van der Waals surface area (Å²) in [5.74, 6) is -2.20. The summed E-state index contributed by atoms with van der Waals surface area (Å²) in [7, 11) is 0. The highest BCUT2D eigenvalue weighted by Crippen LogP contribution is 2.28. The van der Waals surface area contributed by atoms with E-state index in [4.69, 9.17) is 49.0 Å². The molecule has 1 saturated heterocycles. The standard InChI is InChI=1S/C23H30Cl3N2O7/c1-22(2,3)35-21(32)28(18(29)9-10-19(30)34-15-23(24,25)26)12-11-27-13-17(28)20(31)33-14-16-7-5-4-6-8-16/h4-8,17,27H,9-15H2,1-3H3/q+1/t17?,28-/m0/s1. The molecule has 194 valence electrons. The zero-order valence-corrected chi connectivity index (χ0v) is 22.1. The van der Waals surface area contributed by atoms with Gasteiger partial charge in [0.25, 0.3) is 0 Å². The number of rotatable bonds is 7. The maximum absolute atomic E-state index is 13.5. The van der Waals surface area contributed by atoms with Crippen LogP contribution in [0, 0.1) is 0 Å². The average molecular weight is 553 g/mol. The number of piperazine rings is 1. The fourth-order valence-corrected chi connectivity index (χ4v) is 3.66. The van der Waals surface area contributed by atoms with E-state index < -0.39 is 50.5 Å². The topological polar surface area (TPSA) is 108 Å². The number of quaternary nitrogens is 1. The van der Waals surface area contributed by atoms with Crippen molar-refractivity contribution < 1.29 is 37.9 Å². The number of nitrogens with one attached hydrogen (secondary N) is 1. The lowest BCUT2D eigenvalue weighted by Crippen LogP contribution is -2.73. The second-order valence-electron chi connectivity index (χ2n) is 9.06. The summed E-state index contributed by atoms with van der Waals surface area (Å²) in [5, 5.41) is 3.03. The molecule has 0 bridgehead atoms. The van der Waals surface area contributed by atoms with Crippen molar-refractivity contribution in [2.75, 3.05) is 26.2 Å². The van der Waals surface area contributed by atoms with Gasteiger partial charge in [-0.05, 0) is 26.3 Å². The van der Waals surface area contributed by atoms with Crippen molar-refractivity contribution in [2.45, 2.75) is 55.7 Å². The first-order valence-electron chi connectivity index (χ1n) is 11.0. The van der Waals surface area contributed by atoms with Gasteiger partial charge >= 0.3 is 23.9 Å². The number of halogens is 3. The highest BCUT2D eigenvalue weighted by atomic mass is 35.6. The molecule has 1 heterocycles. The lowest BCUT2D eigenvalue weighted by atomic mass is 10.1. The zero-order valence-electron chi connectivity index (χ0n) is 19.9. The molecule has 1 aliphatic heterocycles. The quantitative estimate of drug-likeness (QED) is 0.236. The summed E-state index contributed by atoms with van der Waals surface area (Å²) in [4.78, 5) is 52.1. The van der Waals surface area contributed by atoms with E-state index in [1.807, 2.05) is 6.07 Å². The first kappa shape index (κ1) is 29.3. The van der Waals surface area contributed by atoms with Gasteiger partial charge in [-0.15, -0.1) is 4.48 Å². The number of nitrogens with zero attached hydrogens (tertiary/aromatic N) is 1. The predicted octanol–water partition coefficient (Wildman–Crippen LogP) is 3.67. The van der Waals surface area contributed by atoms with E-state index in [2.05, 4.69) is 5.32 Å². The second kappa shape index (κ2) is 12.4. The van der Waals surface area contributed by atoms with E-state index >= 15 is 0 Å². The van der Waals surface area contributed by atoms with Crippen LogP contribution >= 0.6 is 34.8 Å². The molecule has 1 aliphatic rings. The van der Waals surface area contributed by atoms with Gasteiger partial charge in [0.2, 0.25) is 9.83 Å². The Morgan fingerprint density at radius 1 is 1.03 bits per heavy atom. The van der Waals surface area contributed by atoms with Crippen molar-refractivity contribution in [3.05, 3.63) is 35.9 Å². The summed E-state index contributed by atoms with van der Waals surface area (Å²) in [6.07, 6.45) is -1.65. The highest BCUT2D eigenvalue weighted by molar-refractivity contribution is 6.67. The Morgan fingerprint density at radius 2 is 1.69 bits per heavy atom. The van der Waals surface area contributed by atoms with E-state index in [1.165, 1.54) is 0 Å². The van der Waals surface area contributed by atoms with Gasteiger partial charge in [-0.3, -0.25) is 4.79 Å². The van der Waals surface area contributed by atoms with Crippen LogP contribution in [0.25, 0.3) is 0 Å². The van der Waals surface area contributed by atoms with Crippen LogP contribution in [-0.2, 0) is 35.2 Å². The number of carbonyl (C=O) groups is 4. The van der Waals surface area contributed by atoms with Crippen molar-refractivity contribution in [2.24, 2.45) is 0 Å². The number of amides is 2. The molecule has 1 fully saturated rings. The molecule has 1 unspecified atom stereocenters. The Bertz CT molecular complexity index is 916. The minimum Gasteiger partial charge on any atom is -0.461 e. The third-order valence-electron chi connectivity index (χ3n) is 5.11. The Labute approximate surface area is 219 Å². The zero-order chi connectivity index (χ0) is 26.3. The molecule has 0 radical (unpaired) electrons. The van der Waals surface area contributed by atoms with Gasteiger partial charge in [0, 0.05) is 6.54 Å². The SMILES string of the molecule is CC(C)(C)OC(=O)[N@@+]1(C(=O)CCC(=O)OCC(Cl)(Cl)Cl)CCNCC1C(=O)OCc1ccccc1. The van der Waals surface area contributed by atoms with E-state index in [1.54, 1.807) is 45.0 Å². The lowest BCUT2D eigenvalue weighted by molar-refractivity contribution is -0.804. The van der Waals surface area contributed by atoms with Gasteiger partial charge in [-0.2, -0.15) is 4.79 Å². The molecule has 2 atom stereocenters. The van der Waals surface area contributed by atoms with E-state index in [9.17, 15) is 19.2 Å². The van der Waals surface area contributed by atoms with Crippen LogP contribution in [0.3, 0.4) is 0 Å². The summed E-state index contributed by atoms with van der Waals surface area (Å²) >= 11 is 16.7. The summed E-state index contributed by atoms with van der Waals surface area (Å²) in [5.41, 5.74) is -0.169. The predicted molar refractivity (Wildman–Crippen MR) is 130 cm³/mol. The van der Waals surface area contributed by atoms with Gasteiger partial charge in [0.05, 0.1) is 19.4 Å². The third kappa shape index (κ3) is 8.91. The largest absolute Gasteiger partial charge is 0.524 e. The van der Waals surface area contributed by atoms with Gasteiger partial charge in [0.15, 0.2) is 0 Å². The molecular weight excluding hydrogens is 523 g/mol. The lowest BCUT2D eigenvalue weighted by Gasteiger charge is -2.41. The number of alkyl halides is 3. The number of ether oxygens (including phenoxy) is 3. The molecule has 0 spiro atoms. The van der Waals surface area contributed by atoms with Crippen molar-refractivity contribution in [3.8, 4) is 0 Å². The number of hydrogen-bond acceptors (Lipinski definition) is 8. The van der Waals surface area contributed by atoms with Crippen LogP contribution in [0.15, 0.2) is 30.3 Å². The first-order valence-corrected chi connectivity index (χ1v) is 12.2. The van der Waals surface area contributed by atoms with Crippen LogP contribution in [0.2, 0.25) is 0 Å². The Morgan fingerprint density at radius 3 is 2.29 bits per heavy atom. The minimum atomic E-state index is -1.80. The van der Waals surface area contributed by atoms with Crippen LogP contribution in [-0.4, -0.2) is 70.1 Å². The van der Waals surface area contributed by atoms with Crippen molar-refractivity contribution in [1.82, 2.24) is 5.32 Å². The maximum Gasteiger partial charge on any atom is 0.524 e. The van der Waals surface area contributed by atoms with Gasteiger partial charge in [-0.25, -0.2) is 9.59 Å². The number of benzene rings is 1. The molecule has 1 N–H and O–H groups in total. The fourth-order valence-electron chi connectivity index (χ4n) is 3.50. The van der Waals surface area contributed by atoms with E-state index in [-0.39, 0.29) is 39.1 Å². The molecule has 12 heteroatoms. The Hall–Kier alpha value is -1.91. The summed E-state index contributed by atoms with van der Waals surface area (Å²) in [6, 6.07) is 7.81. The highest BCUT2D eigenvalue weighted by Gasteiger charge is 2.58. The normalized spacial score (nSPS) is 20.6. The van der Waals surface area contributed by atoms with Gasteiger partial charge in [0.1, 0.15) is 25.4 Å². The molecule has 9 nitrogen and oxygen atoms in total. The summed E-state index contributed by atoms with van der Waals surface area (Å²) < 4.78 is 13.2. The smallest absolute Gasteiger partial charge is 0.461 e. The molecule has 2 rings (SSSR count). The Balaban J connectivity index is 2.24. The minimum absolute atomic E-state index is 0.0102. The van der Waals surface area contributed by atoms with Crippen LogP contribution in [0.4, 0.5) is 4.79 Å². The number of imide groups is 1. The van der Waals surface area contributed by atoms with Crippen molar-refractivity contribution in [1.29, 1.82) is 0 Å². The average Bonchev–Trinajstić information content (AvgIpc) is 2.78. The van der Waals surface area contributed by atoms with Gasteiger partial charge < -0.3 is 19.5 Å². The van der Waals surface area contributed by atoms with Crippen molar-refractivity contribution in [3.63, 3.8) is 0 Å². The monoisotopic (exact) mass is 551 g/mol. The Kier molecular flexibility index (Phi) is 10.4. The van der Waals surface area contributed by atoms with E-state index in [0.29, 0.717) is 0 Å². The molecule has 1 aromatic rings. The maximum atomic E-state index is 13.5. The molecule has 1 aromatic carbocycles. The molecule has 0 aromatic heterocycles. The van der Waals surface area contributed by atoms with Crippen molar-refractivity contribution >= 4 is 58.7 Å². The van der Waals surface area contributed by atoms with Crippen LogP contribution in [0.1, 0.15) is 39.2 Å². The third-order valence-corrected chi connectivity index (χ3v) is 5.44. The molecule has 2 amide bonds. The molecule has 0 saturated carbocycles. The molecular formula is C23H30Cl3N2O7+. The van der Waals surface area contributed by atoms with E-state index in [0.717, 1.165) is 5.56 Å². The second-order valence-corrected chi connectivity index (χ2v) is 11.6. The number of hydrogen-bond donors (Lipinski definition) is 1. The number of esters is 2. The molecule has 0 aliphatic carbocycles.